The van der Waals surface area contributed by atoms with E-state index in [1.54, 1.807) is 0 Å². The Morgan fingerprint density at radius 2 is 0.660 bits per heavy atom. The van der Waals surface area contributed by atoms with Gasteiger partial charge in [0.1, 0.15) is 0 Å². The van der Waals surface area contributed by atoms with Gasteiger partial charge in [0.05, 0.1) is 22.4 Å². The second-order valence-corrected chi connectivity index (χ2v) is 34.1. The van der Waals surface area contributed by atoms with Crippen molar-refractivity contribution in [1.82, 2.24) is 4.57 Å². The maximum absolute atomic E-state index is 2.76. The van der Waals surface area contributed by atoms with Crippen molar-refractivity contribution in [2.45, 2.75) is 105 Å². The first kappa shape index (κ1) is 65.1. The first-order valence-corrected chi connectivity index (χ1v) is 37.9. The molecule has 0 N–H and O–H groups in total. The molecular formula is C102H86BN3. The lowest BCUT2D eigenvalue weighted by atomic mass is 9.33. The number of rotatable bonds is 9. The van der Waals surface area contributed by atoms with Gasteiger partial charge in [-0.2, -0.15) is 0 Å². The van der Waals surface area contributed by atoms with Crippen molar-refractivity contribution in [3.8, 4) is 72.4 Å². The van der Waals surface area contributed by atoms with E-state index in [9.17, 15) is 0 Å². The third kappa shape index (κ3) is 10.4. The third-order valence-corrected chi connectivity index (χ3v) is 23.2. The maximum Gasteiger partial charge on any atom is 0.252 e. The topological polar surface area (TPSA) is 11.4 Å². The van der Waals surface area contributed by atoms with E-state index in [2.05, 4.69) is 401 Å². The van der Waals surface area contributed by atoms with Crippen LogP contribution in [-0.4, -0.2) is 11.3 Å². The van der Waals surface area contributed by atoms with Gasteiger partial charge in [0, 0.05) is 61.5 Å². The van der Waals surface area contributed by atoms with E-state index in [1.807, 2.05) is 0 Å². The van der Waals surface area contributed by atoms with Crippen LogP contribution in [0, 0.1) is 0 Å². The molecule has 0 amide bonds. The van der Waals surface area contributed by atoms with Crippen LogP contribution >= 0.6 is 0 Å². The minimum atomic E-state index is -0.331. The normalized spacial score (nSPS) is 13.2. The summed E-state index contributed by atoms with van der Waals surface area (Å²) in [7, 11) is 0. The molecule has 0 radical (unpaired) electrons. The predicted molar refractivity (Wildman–Crippen MR) is 457 cm³/mol. The van der Waals surface area contributed by atoms with Crippen molar-refractivity contribution in [1.29, 1.82) is 0 Å². The number of anilines is 6. The van der Waals surface area contributed by atoms with Crippen molar-refractivity contribution in [2.75, 3.05) is 9.80 Å². The van der Waals surface area contributed by atoms with E-state index in [0.717, 1.165) is 56.4 Å². The molecule has 0 saturated carbocycles. The second kappa shape index (κ2) is 23.9. The number of fused-ring (bicyclic) bond motifs is 5. The Hall–Kier alpha value is -11.7. The molecule has 17 aromatic rings. The Morgan fingerprint density at radius 1 is 0.245 bits per heavy atom. The van der Waals surface area contributed by atoms with Crippen LogP contribution in [0.3, 0.4) is 0 Å². The molecule has 4 heteroatoms. The van der Waals surface area contributed by atoms with Crippen molar-refractivity contribution < 1.29 is 0 Å². The van der Waals surface area contributed by atoms with Crippen LogP contribution in [0.2, 0.25) is 0 Å². The van der Waals surface area contributed by atoms with Gasteiger partial charge in [-0.3, -0.25) is 0 Å². The molecule has 0 aliphatic carbocycles. The lowest BCUT2D eigenvalue weighted by Gasteiger charge is -2.46. The van der Waals surface area contributed by atoms with Gasteiger partial charge in [-0.15, -0.1) is 0 Å². The fraction of sp³-hybridized carbons (Fsp3) is 0.157. The van der Waals surface area contributed by atoms with Gasteiger partial charge >= 0.3 is 0 Å². The van der Waals surface area contributed by atoms with E-state index < -0.39 is 0 Å². The molecule has 0 fully saturated rings. The number of aromatic nitrogens is 1. The Balaban J connectivity index is 1.00. The first-order chi connectivity index (χ1) is 51.1. The van der Waals surface area contributed by atoms with Gasteiger partial charge in [-0.25, -0.2) is 0 Å². The van der Waals surface area contributed by atoms with Gasteiger partial charge < -0.3 is 14.4 Å². The van der Waals surface area contributed by atoms with Crippen LogP contribution in [0.1, 0.15) is 105 Å². The van der Waals surface area contributed by atoms with Crippen LogP contribution in [0.15, 0.2) is 303 Å². The maximum atomic E-state index is 2.76. The molecule has 0 atom stereocenters. The number of hydrogen-bond acceptors (Lipinski definition) is 2. The quantitative estimate of drug-likeness (QED) is 0.0811. The summed E-state index contributed by atoms with van der Waals surface area (Å²) >= 11 is 0. The molecule has 512 valence electrons. The van der Waals surface area contributed by atoms with E-state index in [4.69, 9.17) is 0 Å². The molecule has 16 aromatic carbocycles. The highest BCUT2D eigenvalue weighted by molar-refractivity contribution is 7.00. The molecule has 0 spiro atoms. The van der Waals surface area contributed by atoms with Crippen molar-refractivity contribution in [3.05, 3.63) is 326 Å². The van der Waals surface area contributed by atoms with Crippen molar-refractivity contribution in [2.24, 2.45) is 0 Å². The molecule has 19 rings (SSSR count). The molecule has 1 aromatic heterocycles. The van der Waals surface area contributed by atoms with E-state index in [0.29, 0.717) is 0 Å². The summed E-state index contributed by atoms with van der Waals surface area (Å²) in [4.78, 5) is 5.51. The van der Waals surface area contributed by atoms with Crippen LogP contribution in [0.25, 0.3) is 127 Å². The molecule has 0 unspecified atom stereocenters. The molecule has 3 heterocycles. The summed E-state index contributed by atoms with van der Waals surface area (Å²) in [5.41, 5.74) is 32.6. The van der Waals surface area contributed by atoms with E-state index in [1.165, 1.54) is 143 Å². The molecule has 2 aliphatic rings. The molecular weight excluding hydrogens is 1280 g/mol. The summed E-state index contributed by atoms with van der Waals surface area (Å²) in [6.45, 7) is 28.2. The zero-order chi connectivity index (χ0) is 72.4. The first-order valence-electron chi connectivity index (χ1n) is 37.9. The van der Waals surface area contributed by atoms with Gasteiger partial charge in [0.25, 0.3) is 6.71 Å². The monoisotopic (exact) mass is 1360 g/mol. The Bertz CT molecular complexity index is 6110. The third-order valence-electron chi connectivity index (χ3n) is 23.2. The Kier molecular flexibility index (Phi) is 14.7. The van der Waals surface area contributed by atoms with Crippen molar-refractivity contribution in [3.63, 3.8) is 0 Å². The summed E-state index contributed by atoms with van der Waals surface area (Å²) in [5, 5.41) is 10.4. The van der Waals surface area contributed by atoms with Gasteiger partial charge in [-0.05, 0) is 204 Å². The summed E-state index contributed by atoms with van der Waals surface area (Å²) in [6.07, 6.45) is 0. The minimum absolute atomic E-state index is 0.124. The fourth-order valence-electron chi connectivity index (χ4n) is 17.7. The Morgan fingerprint density at radius 3 is 1.13 bits per heavy atom. The average molecular weight is 1360 g/mol. The highest BCUT2D eigenvalue weighted by Gasteiger charge is 2.47. The molecule has 2 aliphatic heterocycles. The number of benzene rings is 16. The van der Waals surface area contributed by atoms with Crippen molar-refractivity contribution >= 4 is 111 Å². The van der Waals surface area contributed by atoms with Gasteiger partial charge in [0.15, 0.2) is 0 Å². The molecule has 106 heavy (non-hydrogen) atoms. The van der Waals surface area contributed by atoms with Crippen LogP contribution < -0.4 is 26.2 Å². The summed E-state index contributed by atoms with van der Waals surface area (Å²) in [6, 6.07) is 117. The summed E-state index contributed by atoms with van der Waals surface area (Å²) < 4.78 is 2.60. The number of hydrogen-bond donors (Lipinski definition) is 0. The Labute approximate surface area is 624 Å². The minimum Gasteiger partial charge on any atom is -0.310 e. The smallest absolute Gasteiger partial charge is 0.252 e. The van der Waals surface area contributed by atoms with E-state index in [-0.39, 0.29) is 28.4 Å². The SMILES string of the molecule is CC(C)(C)c1cccc(-c2cc(-c3ccccc3)cc(-c3cccc(C(C)(C)C)c3)c2N2c3ccc(-c4ccccc4)cc3B3c4ccc(-n5c6ccc7cccc8c9cccc%10ccc5c(c%109)c6c78)cc4N(c4c(-c5ccccc5)cc(C(C)(C)C)cc4-c4ccccc4)c4cc(C(C)(C)C)cc2c43)c1. The zero-order valence-corrected chi connectivity index (χ0v) is 62.8. The lowest BCUT2D eigenvalue weighted by Crippen LogP contribution is -2.61. The van der Waals surface area contributed by atoms with Crippen LogP contribution in [0.4, 0.5) is 34.1 Å². The highest BCUT2D eigenvalue weighted by atomic mass is 15.2. The second-order valence-electron chi connectivity index (χ2n) is 34.1. The molecule has 3 nitrogen and oxygen atoms in total. The van der Waals surface area contributed by atoms with Gasteiger partial charge in [-0.1, -0.05) is 320 Å². The number of nitrogens with zero attached hydrogens (tertiary/aromatic N) is 3. The standard InChI is InChI=1S/C102H86BN3/c1-99(2,3)73-41-25-39-70(53-73)80-55-72(64-31-19-14-20-32-64)56-81(71-40-26-42-74(54-71)100(4,5)6)97(80)105-86-50-47-69(63-29-17-13-18-30-63)57-85(86)103-84-49-48-77(104-87-51-45-67-37-27-43-78-79-44-28-38-68-46-52-88(104)95(93(68)79)94(87)92(67)78)62-89(84)106(91-61-76(102(10,11)12)60-90(105)96(91)103)98-82(65-33-21-15-22-34-65)58-75(101(7,8)9)59-83(98)66-35-23-16-24-36-66/h13-62H,1-12H3. The molecule has 0 saturated heterocycles. The fourth-order valence-corrected chi connectivity index (χ4v) is 17.7. The average Bonchev–Trinajstić information content (AvgIpc) is 1.07. The lowest BCUT2D eigenvalue weighted by molar-refractivity contribution is 0.590. The largest absolute Gasteiger partial charge is 0.310 e. The van der Waals surface area contributed by atoms with Gasteiger partial charge in [0.2, 0.25) is 0 Å². The zero-order valence-electron chi connectivity index (χ0n) is 62.8. The highest BCUT2D eigenvalue weighted by Crippen LogP contribution is 2.57. The van der Waals surface area contributed by atoms with Crippen LogP contribution in [0.5, 0.6) is 0 Å². The summed E-state index contributed by atoms with van der Waals surface area (Å²) in [5.74, 6) is 0. The predicted octanol–water partition coefficient (Wildman–Crippen LogP) is 26.4. The molecule has 0 bridgehead atoms. The van der Waals surface area contributed by atoms with E-state index >= 15 is 0 Å². The van der Waals surface area contributed by atoms with Crippen LogP contribution in [-0.2, 0) is 21.7 Å².